The molecule has 1 rings (SSSR count). The number of non-ortho nitro benzene ring substituents is 1. The third kappa shape index (κ3) is 5.03. The average Bonchev–Trinajstić information content (AvgIpc) is 2.42. The van der Waals surface area contributed by atoms with E-state index in [1.807, 2.05) is 0 Å². The highest BCUT2D eigenvalue weighted by atomic mass is 16.6. The Bertz CT molecular complexity index is 565. The van der Waals surface area contributed by atoms with E-state index < -0.39 is 28.9 Å². The lowest BCUT2D eigenvalue weighted by molar-refractivity contribution is -0.384. The van der Waals surface area contributed by atoms with Crippen LogP contribution in [0.2, 0.25) is 0 Å². The molecule has 1 amide bonds. The van der Waals surface area contributed by atoms with E-state index in [0.717, 1.165) is 6.08 Å². The van der Waals surface area contributed by atoms with Crippen LogP contribution in [0.25, 0.3) is 6.08 Å². The van der Waals surface area contributed by atoms with Crippen LogP contribution in [-0.4, -0.2) is 39.2 Å². The van der Waals surface area contributed by atoms with Gasteiger partial charge in [-0.15, -0.1) is 0 Å². The Labute approximate surface area is 119 Å². The number of carboxylic acid groups (broad SMARTS) is 1. The fourth-order valence-electron chi connectivity index (χ4n) is 1.47. The monoisotopic (exact) mass is 294 g/mol. The maximum Gasteiger partial charge on any atom is 0.328 e. The van der Waals surface area contributed by atoms with Crippen LogP contribution in [-0.2, 0) is 9.59 Å². The summed E-state index contributed by atoms with van der Waals surface area (Å²) in [4.78, 5) is 32.2. The molecule has 0 fully saturated rings. The zero-order valence-electron chi connectivity index (χ0n) is 11.1. The van der Waals surface area contributed by atoms with Crippen LogP contribution in [0.4, 0.5) is 5.69 Å². The van der Waals surface area contributed by atoms with E-state index >= 15 is 0 Å². The van der Waals surface area contributed by atoms with E-state index in [0.29, 0.717) is 5.56 Å². The van der Waals surface area contributed by atoms with E-state index in [9.17, 15) is 24.8 Å². The van der Waals surface area contributed by atoms with Gasteiger partial charge in [0.25, 0.3) is 5.69 Å². The third-order valence-electron chi connectivity index (χ3n) is 2.58. The molecule has 0 aliphatic heterocycles. The van der Waals surface area contributed by atoms with Gasteiger partial charge in [-0.2, -0.15) is 0 Å². The number of amides is 1. The van der Waals surface area contributed by atoms with Crippen molar-refractivity contribution < 1.29 is 24.7 Å². The molecule has 0 aliphatic rings. The quantitative estimate of drug-likeness (QED) is 0.399. The molecular weight excluding hydrogens is 280 g/mol. The Morgan fingerprint density at radius 3 is 2.33 bits per heavy atom. The van der Waals surface area contributed by atoms with Crippen molar-refractivity contribution in [3.63, 3.8) is 0 Å². The molecule has 0 bridgehead atoms. The van der Waals surface area contributed by atoms with Gasteiger partial charge in [-0.25, -0.2) is 4.79 Å². The molecule has 0 radical (unpaired) electrons. The minimum atomic E-state index is -1.40. The number of nitrogens with one attached hydrogen (secondary N) is 1. The van der Waals surface area contributed by atoms with Crippen molar-refractivity contribution in [3.8, 4) is 0 Å². The Balaban J connectivity index is 2.69. The minimum Gasteiger partial charge on any atom is -0.480 e. The van der Waals surface area contributed by atoms with Gasteiger partial charge < -0.3 is 15.5 Å². The highest BCUT2D eigenvalue weighted by Crippen LogP contribution is 2.12. The van der Waals surface area contributed by atoms with Gasteiger partial charge in [0.05, 0.1) is 11.0 Å². The summed E-state index contributed by atoms with van der Waals surface area (Å²) < 4.78 is 0. The fourth-order valence-corrected chi connectivity index (χ4v) is 1.47. The normalized spacial score (nSPS) is 13.6. The number of hydrogen-bond acceptors (Lipinski definition) is 5. The summed E-state index contributed by atoms with van der Waals surface area (Å²) in [6.45, 7) is 1.25. The van der Waals surface area contributed by atoms with E-state index in [4.69, 9.17) is 5.11 Å². The first-order valence-electron chi connectivity index (χ1n) is 5.95. The van der Waals surface area contributed by atoms with Crippen LogP contribution in [0, 0.1) is 10.1 Å². The Morgan fingerprint density at radius 1 is 1.33 bits per heavy atom. The van der Waals surface area contributed by atoms with E-state index in [2.05, 4.69) is 5.32 Å². The number of benzene rings is 1. The molecule has 21 heavy (non-hydrogen) atoms. The van der Waals surface area contributed by atoms with Gasteiger partial charge in [-0.3, -0.25) is 14.9 Å². The molecule has 0 aliphatic carbocycles. The van der Waals surface area contributed by atoms with Crippen molar-refractivity contribution in [2.75, 3.05) is 0 Å². The van der Waals surface area contributed by atoms with E-state index in [-0.39, 0.29) is 5.69 Å². The van der Waals surface area contributed by atoms with Crippen molar-refractivity contribution in [1.29, 1.82) is 0 Å². The predicted molar refractivity (Wildman–Crippen MR) is 73.4 cm³/mol. The van der Waals surface area contributed by atoms with Gasteiger partial charge in [-0.05, 0) is 30.7 Å². The zero-order valence-corrected chi connectivity index (χ0v) is 11.1. The number of nitro groups is 1. The smallest absolute Gasteiger partial charge is 0.328 e. The van der Waals surface area contributed by atoms with E-state index in [1.165, 1.54) is 37.3 Å². The molecule has 1 aromatic rings. The van der Waals surface area contributed by atoms with Gasteiger partial charge in [0.1, 0.15) is 0 Å². The number of carbonyl (C=O) groups is 2. The summed E-state index contributed by atoms with van der Waals surface area (Å²) in [7, 11) is 0. The number of rotatable bonds is 6. The summed E-state index contributed by atoms with van der Waals surface area (Å²) in [6, 6.07) is 4.07. The highest BCUT2D eigenvalue weighted by Gasteiger charge is 2.23. The summed E-state index contributed by atoms with van der Waals surface area (Å²) in [6.07, 6.45) is 1.22. The van der Waals surface area contributed by atoms with Crippen LogP contribution in [0.15, 0.2) is 30.3 Å². The topological polar surface area (TPSA) is 130 Å². The van der Waals surface area contributed by atoms with Crippen LogP contribution < -0.4 is 5.32 Å². The predicted octanol–water partition coefficient (Wildman–Crippen LogP) is 0.558. The number of hydrogen-bond donors (Lipinski definition) is 3. The van der Waals surface area contributed by atoms with Gasteiger partial charge in [-0.1, -0.05) is 0 Å². The second-order valence-corrected chi connectivity index (χ2v) is 4.25. The highest BCUT2D eigenvalue weighted by molar-refractivity contribution is 5.94. The van der Waals surface area contributed by atoms with Crippen molar-refractivity contribution >= 4 is 23.6 Å². The maximum atomic E-state index is 11.5. The molecule has 0 saturated carbocycles. The molecular formula is C13H14N2O6. The molecule has 8 heteroatoms. The first-order chi connectivity index (χ1) is 9.81. The third-order valence-corrected chi connectivity index (χ3v) is 2.58. The molecule has 112 valence electrons. The number of nitrogens with zero attached hydrogens (tertiary/aromatic N) is 1. The lowest BCUT2D eigenvalue weighted by Gasteiger charge is -2.15. The van der Waals surface area contributed by atoms with Gasteiger partial charge in [0.15, 0.2) is 6.04 Å². The second kappa shape index (κ2) is 7.15. The van der Waals surface area contributed by atoms with Crippen molar-refractivity contribution in [2.24, 2.45) is 0 Å². The lowest BCUT2D eigenvalue weighted by Crippen LogP contribution is -2.47. The SMILES string of the molecule is CC(O)C(NC(=O)/C=C/c1ccc([N+](=O)[O-])cc1)C(=O)O. The Kier molecular flexibility index (Phi) is 5.56. The van der Waals surface area contributed by atoms with Crippen LogP contribution in [0.1, 0.15) is 12.5 Å². The van der Waals surface area contributed by atoms with E-state index in [1.54, 1.807) is 0 Å². The number of carboxylic acids is 1. The first-order valence-corrected chi connectivity index (χ1v) is 5.95. The van der Waals surface area contributed by atoms with Crippen molar-refractivity contribution in [2.45, 2.75) is 19.1 Å². The number of aliphatic carboxylic acids is 1. The Morgan fingerprint density at radius 2 is 1.90 bits per heavy atom. The van der Waals surface area contributed by atoms with Gasteiger partial charge in [0, 0.05) is 18.2 Å². The minimum absolute atomic E-state index is 0.0725. The first kappa shape index (κ1) is 16.3. The molecule has 3 N–H and O–H groups in total. The summed E-state index contributed by atoms with van der Waals surface area (Å²) in [5.74, 6) is -2.04. The van der Waals surface area contributed by atoms with Gasteiger partial charge in [0.2, 0.25) is 5.91 Å². The molecule has 2 unspecified atom stereocenters. The van der Waals surface area contributed by atoms with Crippen LogP contribution in [0.3, 0.4) is 0 Å². The molecule has 0 heterocycles. The van der Waals surface area contributed by atoms with Crippen LogP contribution >= 0.6 is 0 Å². The fraction of sp³-hybridized carbons (Fsp3) is 0.231. The summed E-state index contributed by atoms with van der Waals surface area (Å²) >= 11 is 0. The molecule has 0 saturated heterocycles. The second-order valence-electron chi connectivity index (χ2n) is 4.25. The average molecular weight is 294 g/mol. The number of aliphatic hydroxyl groups is 1. The molecule has 0 aromatic heterocycles. The standard InChI is InChI=1S/C13H14N2O6/c1-8(16)12(13(18)19)14-11(17)7-4-9-2-5-10(6-3-9)15(20)21/h2-8,12,16H,1H3,(H,14,17)(H,18,19)/b7-4+. The molecule has 8 nitrogen and oxygen atoms in total. The van der Waals surface area contributed by atoms with Crippen molar-refractivity contribution in [3.05, 3.63) is 46.0 Å². The molecule has 2 atom stereocenters. The number of carbonyl (C=O) groups excluding carboxylic acids is 1. The molecule has 0 spiro atoms. The number of nitro benzene ring substituents is 1. The largest absolute Gasteiger partial charge is 0.480 e. The maximum absolute atomic E-state index is 11.5. The lowest BCUT2D eigenvalue weighted by atomic mass is 10.1. The van der Waals surface area contributed by atoms with Gasteiger partial charge >= 0.3 is 5.97 Å². The summed E-state index contributed by atoms with van der Waals surface area (Å²) in [5, 5.41) is 30.6. The molecule has 1 aromatic carbocycles. The van der Waals surface area contributed by atoms with Crippen molar-refractivity contribution in [1.82, 2.24) is 5.32 Å². The zero-order chi connectivity index (χ0) is 16.0. The number of aliphatic hydroxyl groups excluding tert-OH is 1. The Hall–Kier alpha value is -2.74. The van der Waals surface area contributed by atoms with Crippen LogP contribution in [0.5, 0.6) is 0 Å². The summed E-state index contributed by atoms with van der Waals surface area (Å²) in [5.41, 5.74) is 0.469.